The summed E-state index contributed by atoms with van der Waals surface area (Å²) in [6, 6.07) is 4.35. The molecular weight excluding hydrogens is 222 g/mol. The van der Waals surface area contributed by atoms with Gasteiger partial charge in [-0.2, -0.15) is 0 Å². The average molecular weight is 239 g/mol. The molecule has 1 atom stereocenters. The van der Waals surface area contributed by atoms with Crippen molar-refractivity contribution in [2.75, 3.05) is 20.8 Å². The van der Waals surface area contributed by atoms with E-state index in [1.807, 2.05) is 6.92 Å². The quantitative estimate of drug-likeness (QED) is 0.783. The molecule has 1 unspecified atom stereocenters. The number of methoxy groups -OCH3 is 2. The summed E-state index contributed by atoms with van der Waals surface area (Å²) in [6.07, 6.45) is 0. The van der Waals surface area contributed by atoms with Crippen LogP contribution in [0, 0.1) is 0 Å². The summed E-state index contributed by atoms with van der Waals surface area (Å²) in [5.74, 6) is 0.510. The van der Waals surface area contributed by atoms with E-state index >= 15 is 0 Å². The topological polar surface area (TPSA) is 70.8 Å². The highest BCUT2D eigenvalue weighted by Crippen LogP contribution is 2.34. The molecule has 2 N–H and O–H groups in total. The lowest BCUT2D eigenvalue weighted by molar-refractivity contribution is -0.142. The SMILES string of the molecule is CCOc1cccc(C(N)C(=O)OC)c1OC. The summed E-state index contributed by atoms with van der Waals surface area (Å²) < 4.78 is 15.2. The number of nitrogens with two attached hydrogens (primary N) is 1. The molecule has 0 radical (unpaired) electrons. The monoisotopic (exact) mass is 239 g/mol. The molecular formula is C12H17NO4. The maximum Gasteiger partial charge on any atom is 0.327 e. The van der Waals surface area contributed by atoms with Crippen LogP contribution in [-0.4, -0.2) is 26.8 Å². The fourth-order valence-corrected chi connectivity index (χ4v) is 1.52. The van der Waals surface area contributed by atoms with E-state index in [2.05, 4.69) is 4.74 Å². The maximum absolute atomic E-state index is 11.4. The second-order valence-corrected chi connectivity index (χ2v) is 3.31. The summed E-state index contributed by atoms with van der Waals surface area (Å²) in [5.41, 5.74) is 6.33. The van der Waals surface area contributed by atoms with Crippen LogP contribution in [0.15, 0.2) is 18.2 Å². The van der Waals surface area contributed by atoms with Crippen molar-refractivity contribution >= 4 is 5.97 Å². The fourth-order valence-electron chi connectivity index (χ4n) is 1.52. The predicted molar refractivity (Wildman–Crippen MR) is 63.1 cm³/mol. The first-order valence-electron chi connectivity index (χ1n) is 5.28. The van der Waals surface area contributed by atoms with Crippen LogP contribution in [0.3, 0.4) is 0 Å². The predicted octanol–water partition coefficient (Wildman–Crippen LogP) is 1.27. The van der Waals surface area contributed by atoms with Gasteiger partial charge < -0.3 is 19.9 Å². The third-order valence-electron chi connectivity index (χ3n) is 2.30. The Hall–Kier alpha value is -1.75. The largest absolute Gasteiger partial charge is 0.492 e. The first-order valence-corrected chi connectivity index (χ1v) is 5.28. The van der Waals surface area contributed by atoms with Crippen molar-refractivity contribution in [1.82, 2.24) is 0 Å². The van der Waals surface area contributed by atoms with Crippen LogP contribution in [0.4, 0.5) is 0 Å². The molecule has 0 aliphatic heterocycles. The molecule has 0 spiro atoms. The van der Waals surface area contributed by atoms with E-state index in [1.54, 1.807) is 18.2 Å². The highest BCUT2D eigenvalue weighted by molar-refractivity contribution is 5.78. The zero-order valence-corrected chi connectivity index (χ0v) is 10.2. The van der Waals surface area contributed by atoms with Gasteiger partial charge in [0, 0.05) is 5.56 Å². The van der Waals surface area contributed by atoms with Crippen LogP contribution in [0.25, 0.3) is 0 Å². The van der Waals surface area contributed by atoms with Crippen LogP contribution >= 0.6 is 0 Å². The Morgan fingerprint density at radius 1 is 1.41 bits per heavy atom. The third kappa shape index (κ3) is 2.88. The van der Waals surface area contributed by atoms with E-state index in [0.29, 0.717) is 23.7 Å². The standard InChI is InChI=1S/C12H17NO4/c1-4-17-9-7-5-6-8(11(9)15-2)10(13)12(14)16-3/h5-7,10H,4,13H2,1-3H3. The molecule has 0 amide bonds. The molecule has 0 aliphatic rings. The summed E-state index contributed by atoms with van der Waals surface area (Å²) in [5, 5.41) is 0. The summed E-state index contributed by atoms with van der Waals surface area (Å²) >= 11 is 0. The minimum absolute atomic E-state index is 0.465. The summed E-state index contributed by atoms with van der Waals surface area (Å²) in [4.78, 5) is 11.4. The maximum atomic E-state index is 11.4. The van der Waals surface area contributed by atoms with Gasteiger partial charge in [-0.05, 0) is 13.0 Å². The molecule has 0 aliphatic carbocycles. The molecule has 5 heteroatoms. The van der Waals surface area contributed by atoms with Gasteiger partial charge in [-0.25, -0.2) is 0 Å². The molecule has 0 bridgehead atoms. The number of hydrogen-bond donors (Lipinski definition) is 1. The van der Waals surface area contributed by atoms with Crippen LogP contribution in [0.2, 0.25) is 0 Å². The molecule has 17 heavy (non-hydrogen) atoms. The highest BCUT2D eigenvalue weighted by Gasteiger charge is 2.22. The van der Waals surface area contributed by atoms with E-state index in [1.165, 1.54) is 14.2 Å². The zero-order chi connectivity index (χ0) is 12.8. The van der Waals surface area contributed by atoms with Crippen LogP contribution < -0.4 is 15.2 Å². The number of esters is 1. The average Bonchev–Trinajstić information content (AvgIpc) is 2.37. The Labute approximate surface area is 100 Å². The van der Waals surface area contributed by atoms with Crippen molar-refractivity contribution in [3.8, 4) is 11.5 Å². The molecule has 1 rings (SSSR count). The first-order chi connectivity index (χ1) is 8.15. The van der Waals surface area contributed by atoms with Gasteiger partial charge in [0.2, 0.25) is 0 Å². The van der Waals surface area contributed by atoms with Crippen molar-refractivity contribution in [3.63, 3.8) is 0 Å². The number of benzene rings is 1. The second-order valence-electron chi connectivity index (χ2n) is 3.31. The molecule has 94 valence electrons. The molecule has 0 heterocycles. The Morgan fingerprint density at radius 3 is 2.65 bits per heavy atom. The number of rotatable bonds is 5. The van der Waals surface area contributed by atoms with Crippen LogP contribution in [0.5, 0.6) is 11.5 Å². The van der Waals surface area contributed by atoms with Gasteiger partial charge in [0.05, 0.1) is 20.8 Å². The zero-order valence-electron chi connectivity index (χ0n) is 10.2. The number of carbonyl (C=O) groups excluding carboxylic acids is 1. The molecule has 0 aromatic heterocycles. The number of ether oxygens (including phenoxy) is 3. The molecule has 1 aromatic carbocycles. The van der Waals surface area contributed by atoms with Gasteiger partial charge >= 0.3 is 5.97 Å². The van der Waals surface area contributed by atoms with Crippen LogP contribution in [0.1, 0.15) is 18.5 Å². The Balaban J connectivity index is 3.14. The van der Waals surface area contributed by atoms with E-state index in [4.69, 9.17) is 15.2 Å². The number of carbonyl (C=O) groups is 1. The lowest BCUT2D eigenvalue weighted by Crippen LogP contribution is -2.23. The highest BCUT2D eigenvalue weighted by atomic mass is 16.5. The minimum Gasteiger partial charge on any atom is -0.492 e. The van der Waals surface area contributed by atoms with Crippen molar-refractivity contribution in [1.29, 1.82) is 0 Å². The van der Waals surface area contributed by atoms with Crippen LogP contribution in [-0.2, 0) is 9.53 Å². The number of hydrogen-bond acceptors (Lipinski definition) is 5. The molecule has 0 saturated carbocycles. The van der Waals surface area contributed by atoms with Gasteiger partial charge in [-0.1, -0.05) is 12.1 Å². The van der Waals surface area contributed by atoms with Gasteiger partial charge in [0.25, 0.3) is 0 Å². The lowest BCUT2D eigenvalue weighted by Gasteiger charge is -2.16. The third-order valence-corrected chi connectivity index (χ3v) is 2.30. The van der Waals surface area contributed by atoms with E-state index in [0.717, 1.165) is 0 Å². The van der Waals surface area contributed by atoms with E-state index in [-0.39, 0.29) is 0 Å². The first kappa shape index (κ1) is 13.3. The van der Waals surface area contributed by atoms with Gasteiger partial charge in [0.1, 0.15) is 6.04 Å². The van der Waals surface area contributed by atoms with Gasteiger partial charge in [-0.3, -0.25) is 4.79 Å². The molecule has 0 saturated heterocycles. The minimum atomic E-state index is -0.879. The van der Waals surface area contributed by atoms with Gasteiger partial charge in [0.15, 0.2) is 11.5 Å². The van der Waals surface area contributed by atoms with E-state index in [9.17, 15) is 4.79 Å². The normalized spacial score (nSPS) is 11.8. The Kier molecular flexibility index (Phi) is 4.78. The van der Waals surface area contributed by atoms with Crippen molar-refractivity contribution < 1.29 is 19.0 Å². The summed E-state index contributed by atoms with van der Waals surface area (Å²) in [7, 11) is 2.80. The molecule has 0 fully saturated rings. The fraction of sp³-hybridized carbons (Fsp3) is 0.417. The molecule has 1 aromatic rings. The Morgan fingerprint density at radius 2 is 2.12 bits per heavy atom. The summed E-state index contributed by atoms with van der Waals surface area (Å²) in [6.45, 7) is 2.37. The lowest BCUT2D eigenvalue weighted by atomic mass is 10.1. The Bertz CT molecular complexity index is 392. The second kappa shape index (κ2) is 6.10. The number of para-hydroxylation sites is 1. The van der Waals surface area contributed by atoms with Crippen molar-refractivity contribution in [3.05, 3.63) is 23.8 Å². The van der Waals surface area contributed by atoms with Gasteiger partial charge in [-0.15, -0.1) is 0 Å². The van der Waals surface area contributed by atoms with E-state index < -0.39 is 12.0 Å². The van der Waals surface area contributed by atoms with Crippen molar-refractivity contribution in [2.24, 2.45) is 5.73 Å². The van der Waals surface area contributed by atoms with Crippen molar-refractivity contribution in [2.45, 2.75) is 13.0 Å². The molecule has 5 nitrogen and oxygen atoms in total. The smallest absolute Gasteiger partial charge is 0.327 e.